The zero-order valence-electron chi connectivity index (χ0n) is 7.55. The highest BCUT2D eigenvalue weighted by atomic mass is 32.1. The number of hydrogen-bond acceptors (Lipinski definition) is 3. The molecule has 12 heavy (non-hydrogen) atoms. The van der Waals surface area contributed by atoms with Crippen LogP contribution in [-0.2, 0) is 6.42 Å². The summed E-state index contributed by atoms with van der Waals surface area (Å²) >= 11 is 1.81. The second-order valence-corrected chi connectivity index (χ2v) is 4.38. The standard InChI is InChI=1S/C9H14N2S/c1-3-8-6(2)10-9(12-8)11-7-4-5-7/h7H,3-5H2,1-2H3,(H,10,11). The molecule has 0 atom stereocenters. The maximum Gasteiger partial charge on any atom is 0.183 e. The minimum atomic E-state index is 0.722. The summed E-state index contributed by atoms with van der Waals surface area (Å²) in [6.07, 6.45) is 3.75. The van der Waals surface area contributed by atoms with Crippen LogP contribution in [0, 0.1) is 6.92 Å². The van der Waals surface area contributed by atoms with E-state index in [9.17, 15) is 0 Å². The van der Waals surface area contributed by atoms with Crippen molar-refractivity contribution in [3.05, 3.63) is 10.6 Å². The molecule has 0 radical (unpaired) electrons. The Morgan fingerprint density at radius 1 is 1.58 bits per heavy atom. The molecule has 1 fully saturated rings. The van der Waals surface area contributed by atoms with Crippen LogP contribution in [0.15, 0.2) is 0 Å². The number of nitrogens with one attached hydrogen (secondary N) is 1. The summed E-state index contributed by atoms with van der Waals surface area (Å²) in [6, 6.07) is 0.722. The number of anilines is 1. The second kappa shape index (κ2) is 3.05. The SMILES string of the molecule is CCc1sc(NC2CC2)nc1C. The first-order chi connectivity index (χ1) is 5.79. The van der Waals surface area contributed by atoms with Crippen LogP contribution in [0.3, 0.4) is 0 Å². The van der Waals surface area contributed by atoms with E-state index in [0.717, 1.165) is 17.6 Å². The Morgan fingerprint density at radius 3 is 2.83 bits per heavy atom. The lowest BCUT2D eigenvalue weighted by Gasteiger charge is -1.95. The molecular formula is C9H14N2S. The Hall–Kier alpha value is -0.570. The Kier molecular flexibility index (Phi) is 2.05. The fourth-order valence-electron chi connectivity index (χ4n) is 1.22. The number of aryl methyl sites for hydroxylation is 2. The Bertz CT molecular complexity index is 276. The van der Waals surface area contributed by atoms with Crippen molar-refractivity contribution < 1.29 is 0 Å². The fourth-order valence-corrected chi connectivity index (χ4v) is 2.20. The molecule has 66 valence electrons. The molecule has 1 aliphatic rings. The van der Waals surface area contributed by atoms with Crippen LogP contribution in [-0.4, -0.2) is 11.0 Å². The molecule has 0 amide bonds. The van der Waals surface area contributed by atoms with E-state index < -0.39 is 0 Å². The van der Waals surface area contributed by atoms with Crippen LogP contribution in [0.2, 0.25) is 0 Å². The smallest absolute Gasteiger partial charge is 0.183 e. The van der Waals surface area contributed by atoms with E-state index in [4.69, 9.17) is 0 Å². The van der Waals surface area contributed by atoms with Crippen molar-refractivity contribution in [3.63, 3.8) is 0 Å². The van der Waals surface area contributed by atoms with Gasteiger partial charge < -0.3 is 5.32 Å². The van der Waals surface area contributed by atoms with Crippen LogP contribution in [0.1, 0.15) is 30.3 Å². The Balaban J connectivity index is 2.10. The van der Waals surface area contributed by atoms with Crippen molar-refractivity contribution in [2.75, 3.05) is 5.32 Å². The molecule has 0 bridgehead atoms. The maximum atomic E-state index is 4.47. The molecule has 0 unspecified atom stereocenters. The van der Waals surface area contributed by atoms with Crippen LogP contribution in [0.5, 0.6) is 0 Å². The zero-order chi connectivity index (χ0) is 8.55. The van der Waals surface area contributed by atoms with Crippen molar-refractivity contribution in [2.24, 2.45) is 0 Å². The number of thiazole rings is 1. The molecule has 1 heterocycles. The van der Waals surface area contributed by atoms with Crippen molar-refractivity contribution in [3.8, 4) is 0 Å². The average molecular weight is 182 g/mol. The topological polar surface area (TPSA) is 24.9 Å². The predicted octanol–water partition coefficient (Wildman–Crippen LogP) is 2.59. The minimum Gasteiger partial charge on any atom is -0.359 e. The van der Waals surface area contributed by atoms with Gasteiger partial charge in [0.2, 0.25) is 0 Å². The van der Waals surface area contributed by atoms with Gasteiger partial charge in [0.25, 0.3) is 0 Å². The number of aromatic nitrogens is 1. The molecule has 1 aromatic rings. The Labute approximate surface area is 77.0 Å². The molecule has 1 aliphatic carbocycles. The summed E-state index contributed by atoms with van der Waals surface area (Å²) in [5.74, 6) is 0. The van der Waals surface area contributed by atoms with Gasteiger partial charge in [0.05, 0.1) is 5.69 Å². The average Bonchev–Trinajstić information content (AvgIpc) is 2.76. The first-order valence-corrected chi connectivity index (χ1v) is 5.34. The number of rotatable bonds is 3. The lowest BCUT2D eigenvalue weighted by atomic mass is 10.3. The third-order valence-corrected chi connectivity index (χ3v) is 3.35. The molecule has 0 saturated heterocycles. The predicted molar refractivity (Wildman–Crippen MR) is 52.9 cm³/mol. The molecule has 1 saturated carbocycles. The monoisotopic (exact) mass is 182 g/mol. The summed E-state index contributed by atoms with van der Waals surface area (Å²) in [5, 5.41) is 4.54. The van der Waals surface area contributed by atoms with Crippen LogP contribution in [0.4, 0.5) is 5.13 Å². The van der Waals surface area contributed by atoms with E-state index in [2.05, 4.69) is 24.1 Å². The molecule has 0 aromatic carbocycles. The summed E-state index contributed by atoms with van der Waals surface area (Å²) in [6.45, 7) is 4.27. The van der Waals surface area contributed by atoms with Crippen molar-refractivity contribution in [1.29, 1.82) is 0 Å². The van der Waals surface area contributed by atoms with Crippen molar-refractivity contribution in [2.45, 2.75) is 39.2 Å². The highest BCUT2D eigenvalue weighted by Crippen LogP contribution is 2.29. The minimum absolute atomic E-state index is 0.722. The fraction of sp³-hybridized carbons (Fsp3) is 0.667. The summed E-state index contributed by atoms with van der Waals surface area (Å²) in [4.78, 5) is 5.88. The van der Waals surface area contributed by atoms with Gasteiger partial charge in [-0.1, -0.05) is 6.92 Å². The third-order valence-electron chi connectivity index (χ3n) is 2.12. The van der Waals surface area contributed by atoms with Gasteiger partial charge in [-0.3, -0.25) is 0 Å². The van der Waals surface area contributed by atoms with Gasteiger partial charge in [0, 0.05) is 10.9 Å². The zero-order valence-corrected chi connectivity index (χ0v) is 8.37. The molecule has 0 spiro atoms. The first-order valence-electron chi connectivity index (χ1n) is 4.52. The van der Waals surface area contributed by atoms with Gasteiger partial charge in [0.15, 0.2) is 5.13 Å². The molecule has 3 heteroatoms. The summed E-state index contributed by atoms with van der Waals surface area (Å²) in [5.41, 5.74) is 1.20. The quantitative estimate of drug-likeness (QED) is 0.777. The molecule has 1 N–H and O–H groups in total. The van der Waals surface area contributed by atoms with E-state index in [-0.39, 0.29) is 0 Å². The van der Waals surface area contributed by atoms with Gasteiger partial charge in [-0.05, 0) is 26.2 Å². The first kappa shape index (κ1) is 8.05. The third kappa shape index (κ3) is 1.61. The highest BCUT2D eigenvalue weighted by Gasteiger charge is 2.22. The maximum absolute atomic E-state index is 4.47. The van der Waals surface area contributed by atoms with Crippen LogP contribution in [0.25, 0.3) is 0 Å². The van der Waals surface area contributed by atoms with E-state index in [1.54, 1.807) is 11.3 Å². The van der Waals surface area contributed by atoms with Gasteiger partial charge in [0.1, 0.15) is 0 Å². The molecule has 0 aliphatic heterocycles. The normalized spacial score (nSPS) is 16.5. The second-order valence-electron chi connectivity index (χ2n) is 3.30. The van der Waals surface area contributed by atoms with Crippen molar-refractivity contribution in [1.82, 2.24) is 4.98 Å². The molecule has 1 aromatic heterocycles. The summed E-state index contributed by atoms with van der Waals surface area (Å²) < 4.78 is 0. The van der Waals surface area contributed by atoms with Gasteiger partial charge in [-0.25, -0.2) is 4.98 Å². The van der Waals surface area contributed by atoms with E-state index in [0.29, 0.717) is 0 Å². The largest absolute Gasteiger partial charge is 0.359 e. The molecule has 2 nitrogen and oxygen atoms in total. The number of hydrogen-bond donors (Lipinski definition) is 1. The van der Waals surface area contributed by atoms with Gasteiger partial charge in [-0.15, -0.1) is 11.3 Å². The van der Waals surface area contributed by atoms with E-state index >= 15 is 0 Å². The molecular weight excluding hydrogens is 168 g/mol. The molecule has 2 rings (SSSR count). The van der Waals surface area contributed by atoms with Crippen molar-refractivity contribution >= 4 is 16.5 Å². The van der Waals surface area contributed by atoms with Crippen LogP contribution >= 0.6 is 11.3 Å². The van der Waals surface area contributed by atoms with E-state index in [1.807, 2.05) is 0 Å². The van der Waals surface area contributed by atoms with Gasteiger partial charge >= 0.3 is 0 Å². The van der Waals surface area contributed by atoms with Gasteiger partial charge in [-0.2, -0.15) is 0 Å². The van der Waals surface area contributed by atoms with Crippen LogP contribution < -0.4 is 5.32 Å². The highest BCUT2D eigenvalue weighted by molar-refractivity contribution is 7.15. The lowest BCUT2D eigenvalue weighted by molar-refractivity contribution is 1.09. The lowest BCUT2D eigenvalue weighted by Crippen LogP contribution is -1.99. The Morgan fingerprint density at radius 2 is 2.33 bits per heavy atom. The summed E-state index contributed by atoms with van der Waals surface area (Å²) in [7, 11) is 0. The number of nitrogens with zero attached hydrogens (tertiary/aromatic N) is 1. The van der Waals surface area contributed by atoms with E-state index in [1.165, 1.54) is 23.4 Å².